The minimum absolute atomic E-state index is 0.131. The molecule has 2 fully saturated rings. The Morgan fingerprint density at radius 3 is 2.23 bits per heavy atom. The van der Waals surface area contributed by atoms with Crippen LogP contribution in [0.2, 0.25) is 0 Å². The molecule has 0 bridgehead atoms. The standard InChI is InChI=1S/C26H31NO3/c1-26(2)24(21-16-10-5-11-17-21)27(25(29)30-26)23(28)18-22(19-12-6-3-7-13-19)20-14-8-4-9-15-20/h3,5-7,10-13,16-17,20,22,24H,4,8-9,14-15,18H2,1-2H3/t22-,24-/m0/s1. The fraction of sp³-hybridized carbons (Fsp3) is 0.462. The van der Waals surface area contributed by atoms with E-state index < -0.39 is 17.7 Å². The molecule has 1 saturated carbocycles. The van der Waals surface area contributed by atoms with Crippen LogP contribution in [0.25, 0.3) is 0 Å². The second kappa shape index (κ2) is 8.63. The van der Waals surface area contributed by atoms with Gasteiger partial charge in [-0.25, -0.2) is 9.69 Å². The minimum atomic E-state index is -0.763. The molecule has 158 valence electrons. The quantitative estimate of drug-likeness (QED) is 0.591. The van der Waals surface area contributed by atoms with Crippen LogP contribution in [0.3, 0.4) is 0 Å². The van der Waals surface area contributed by atoms with Gasteiger partial charge in [0.05, 0.1) is 0 Å². The zero-order valence-electron chi connectivity index (χ0n) is 17.9. The molecule has 2 amide bonds. The van der Waals surface area contributed by atoms with E-state index in [4.69, 9.17) is 4.74 Å². The van der Waals surface area contributed by atoms with Crippen LogP contribution in [-0.2, 0) is 9.53 Å². The average molecular weight is 406 g/mol. The Hall–Kier alpha value is -2.62. The predicted molar refractivity (Wildman–Crippen MR) is 117 cm³/mol. The molecule has 1 aliphatic carbocycles. The van der Waals surface area contributed by atoms with Crippen molar-refractivity contribution in [3.8, 4) is 0 Å². The van der Waals surface area contributed by atoms with E-state index in [0.29, 0.717) is 12.3 Å². The van der Waals surface area contributed by atoms with E-state index in [2.05, 4.69) is 12.1 Å². The van der Waals surface area contributed by atoms with Crippen molar-refractivity contribution in [2.75, 3.05) is 0 Å². The number of carbonyl (C=O) groups excluding carboxylic acids is 2. The summed E-state index contributed by atoms with van der Waals surface area (Å²) in [7, 11) is 0. The number of cyclic esters (lactones) is 1. The molecular formula is C26H31NO3. The summed E-state index contributed by atoms with van der Waals surface area (Å²) in [6, 6.07) is 19.6. The Bertz CT molecular complexity index is 872. The molecule has 0 N–H and O–H groups in total. The molecule has 4 rings (SSSR count). The molecule has 0 spiro atoms. The van der Waals surface area contributed by atoms with Crippen LogP contribution in [0.1, 0.15) is 75.5 Å². The molecule has 4 heteroatoms. The van der Waals surface area contributed by atoms with E-state index in [-0.39, 0.29) is 11.8 Å². The first kappa shape index (κ1) is 20.6. The van der Waals surface area contributed by atoms with E-state index in [1.165, 1.54) is 29.7 Å². The van der Waals surface area contributed by atoms with Crippen molar-refractivity contribution in [2.24, 2.45) is 5.92 Å². The lowest BCUT2D eigenvalue weighted by molar-refractivity contribution is -0.130. The summed E-state index contributed by atoms with van der Waals surface area (Å²) in [6.45, 7) is 3.76. The highest BCUT2D eigenvalue weighted by Crippen LogP contribution is 2.44. The third-order valence-corrected chi connectivity index (χ3v) is 6.69. The third-order valence-electron chi connectivity index (χ3n) is 6.69. The molecule has 2 aromatic carbocycles. The van der Waals surface area contributed by atoms with Gasteiger partial charge in [-0.3, -0.25) is 4.79 Å². The van der Waals surface area contributed by atoms with Crippen molar-refractivity contribution < 1.29 is 14.3 Å². The normalized spacial score (nSPS) is 22.5. The van der Waals surface area contributed by atoms with Crippen molar-refractivity contribution in [3.05, 3.63) is 71.8 Å². The second-order valence-electron chi connectivity index (χ2n) is 9.17. The Morgan fingerprint density at radius 2 is 1.60 bits per heavy atom. The average Bonchev–Trinajstić information content (AvgIpc) is 3.02. The van der Waals surface area contributed by atoms with Crippen LogP contribution in [0.4, 0.5) is 4.79 Å². The monoisotopic (exact) mass is 405 g/mol. The summed E-state index contributed by atoms with van der Waals surface area (Å²) in [5.41, 5.74) is 1.36. The molecular weight excluding hydrogens is 374 g/mol. The van der Waals surface area contributed by atoms with Gasteiger partial charge >= 0.3 is 6.09 Å². The molecule has 2 aliphatic rings. The molecule has 0 aromatic heterocycles. The molecule has 1 saturated heterocycles. The SMILES string of the molecule is CC1(C)OC(=O)N(C(=O)C[C@@H](c2ccccc2)C2CCCCC2)[C@H]1c1ccccc1. The molecule has 0 unspecified atom stereocenters. The van der Waals surface area contributed by atoms with Crippen LogP contribution in [0.5, 0.6) is 0 Å². The van der Waals surface area contributed by atoms with Crippen LogP contribution < -0.4 is 0 Å². The summed E-state index contributed by atoms with van der Waals surface area (Å²) >= 11 is 0. The van der Waals surface area contributed by atoms with Crippen molar-refractivity contribution in [1.82, 2.24) is 4.90 Å². The highest BCUT2D eigenvalue weighted by Gasteiger charge is 2.51. The topological polar surface area (TPSA) is 46.6 Å². The van der Waals surface area contributed by atoms with Crippen molar-refractivity contribution in [2.45, 2.75) is 69.9 Å². The number of imide groups is 1. The van der Waals surface area contributed by atoms with Crippen molar-refractivity contribution in [1.29, 1.82) is 0 Å². The van der Waals surface area contributed by atoms with Crippen LogP contribution in [-0.4, -0.2) is 22.5 Å². The number of carbonyl (C=O) groups is 2. The van der Waals surface area contributed by atoms with Gasteiger partial charge in [0, 0.05) is 6.42 Å². The third kappa shape index (κ3) is 4.14. The van der Waals surface area contributed by atoms with Gasteiger partial charge in [-0.05, 0) is 49.7 Å². The molecule has 1 aliphatic heterocycles. The summed E-state index contributed by atoms with van der Waals surface area (Å²) < 4.78 is 5.65. The zero-order valence-corrected chi connectivity index (χ0v) is 17.9. The van der Waals surface area contributed by atoms with Gasteiger partial charge in [-0.1, -0.05) is 79.9 Å². The maximum Gasteiger partial charge on any atom is 0.417 e. The van der Waals surface area contributed by atoms with E-state index in [0.717, 1.165) is 18.4 Å². The fourth-order valence-electron chi connectivity index (χ4n) is 5.26. The van der Waals surface area contributed by atoms with Crippen LogP contribution in [0, 0.1) is 5.92 Å². The molecule has 4 nitrogen and oxygen atoms in total. The Balaban J connectivity index is 1.63. The molecule has 30 heavy (non-hydrogen) atoms. The van der Waals surface area contributed by atoms with E-state index in [9.17, 15) is 9.59 Å². The van der Waals surface area contributed by atoms with Crippen LogP contribution in [0.15, 0.2) is 60.7 Å². The largest absolute Gasteiger partial charge is 0.440 e. The highest BCUT2D eigenvalue weighted by molar-refractivity contribution is 5.94. The number of rotatable bonds is 5. The number of ether oxygens (including phenoxy) is 1. The lowest BCUT2D eigenvalue weighted by atomic mass is 9.75. The number of amides is 2. The minimum Gasteiger partial charge on any atom is -0.440 e. The number of hydrogen-bond acceptors (Lipinski definition) is 3. The molecule has 2 aromatic rings. The smallest absolute Gasteiger partial charge is 0.417 e. The molecule has 2 atom stereocenters. The van der Waals surface area contributed by atoms with Gasteiger partial charge in [-0.2, -0.15) is 0 Å². The van der Waals surface area contributed by atoms with Gasteiger partial charge in [0.2, 0.25) is 5.91 Å². The summed E-state index contributed by atoms with van der Waals surface area (Å²) in [5.74, 6) is 0.470. The van der Waals surface area contributed by atoms with E-state index in [1.807, 2.05) is 62.4 Å². The summed E-state index contributed by atoms with van der Waals surface area (Å²) in [5, 5.41) is 0. The summed E-state index contributed by atoms with van der Waals surface area (Å²) in [4.78, 5) is 27.7. The van der Waals surface area contributed by atoms with Gasteiger partial charge in [0.25, 0.3) is 0 Å². The van der Waals surface area contributed by atoms with Crippen molar-refractivity contribution >= 4 is 12.0 Å². The lowest BCUT2D eigenvalue weighted by Gasteiger charge is -2.33. The van der Waals surface area contributed by atoms with Gasteiger partial charge in [0.15, 0.2) is 0 Å². The fourth-order valence-corrected chi connectivity index (χ4v) is 5.26. The number of benzene rings is 2. The molecule has 1 heterocycles. The summed E-state index contributed by atoms with van der Waals surface area (Å²) in [6.07, 6.45) is 5.80. The first-order valence-electron chi connectivity index (χ1n) is 11.1. The Morgan fingerprint density at radius 1 is 1.00 bits per heavy atom. The predicted octanol–water partition coefficient (Wildman–Crippen LogP) is 6.24. The molecule has 0 radical (unpaired) electrons. The number of nitrogens with zero attached hydrogens (tertiary/aromatic N) is 1. The van der Waals surface area contributed by atoms with Gasteiger partial charge in [-0.15, -0.1) is 0 Å². The lowest BCUT2D eigenvalue weighted by Crippen LogP contribution is -2.39. The first-order valence-corrected chi connectivity index (χ1v) is 11.1. The first-order chi connectivity index (χ1) is 14.5. The van der Waals surface area contributed by atoms with Crippen LogP contribution >= 0.6 is 0 Å². The van der Waals surface area contributed by atoms with Gasteiger partial charge in [0.1, 0.15) is 11.6 Å². The van der Waals surface area contributed by atoms with E-state index >= 15 is 0 Å². The maximum atomic E-state index is 13.6. The highest BCUT2D eigenvalue weighted by atomic mass is 16.6. The van der Waals surface area contributed by atoms with E-state index in [1.54, 1.807) is 0 Å². The second-order valence-corrected chi connectivity index (χ2v) is 9.17. The Kier molecular flexibility index (Phi) is 5.94. The Labute approximate surface area is 179 Å². The number of hydrogen-bond donors (Lipinski definition) is 0. The maximum absolute atomic E-state index is 13.6. The zero-order chi connectivity index (χ0) is 21.1. The van der Waals surface area contributed by atoms with Crippen molar-refractivity contribution in [3.63, 3.8) is 0 Å². The van der Waals surface area contributed by atoms with Gasteiger partial charge < -0.3 is 4.74 Å².